The average Bonchev–Trinajstić information content (AvgIpc) is 2.38. The summed E-state index contributed by atoms with van der Waals surface area (Å²) in [5.41, 5.74) is 6.63. The third-order valence-corrected chi connectivity index (χ3v) is 4.18. The normalized spacial score (nSPS) is 12.8. The van der Waals surface area contributed by atoms with E-state index in [0.29, 0.717) is 5.25 Å². The van der Waals surface area contributed by atoms with Crippen molar-refractivity contribution in [3.8, 4) is 0 Å². The number of hydrogen-bond donors (Lipinski definition) is 1. The van der Waals surface area contributed by atoms with Crippen LogP contribution in [-0.2, 0) is 0 Å². The van der Waals surface area contributed by atoms with E-state index >= 15 is 0 Å². The van der Waals surface area contributed by atoms with E-state index in [1.807, 2.05) is 30.0 Å². The summed E-state index contributed by atoms with van der Waals surface area (Å²) in [5.74, 6) is 0. The number of thioether (sulfide) groups is 1. The van der Waals surface area contributed by atoms with E-state index in [4.69, 9.17) is 5.73 Å². The molecule has 2 aromatic rings. The van der Waals surface area contributed by atoms with Gasteiger partial charge in [-0.05, 0) is 25.5 Å². The van der Waals surface area contributed by atoms with Gasteiger partial charge in [-0.3, -0.25) is 0 Å². The van der Waals surface area contributed by atoms with Crippen LogP contribution in [0.15, 0.2) is 35.6 Å². The Bertz CT molecular complexity index is 482. The van der Waals surface area contributed by atoms with E-state index in [-0.39, 0.29) is 0 Å². The number of hydrogen-bond acceptors (Lipinski definition) is 4. The highest BCUT2D eigenvalue weighted by molar-refractivity contribution is 8.00. The number of para-hydroxylation sites is 1. The summed E-state index contributed by atoms with van der Waals surface area (Å²) >= 11 is 1.81. The number of aromatic nitrogens is 2. The zero-order valence-electron chi connectivity index (χ0n) is 9.97. The molecule has 0 radical (unpaired) electrons. The molecule has 2 rings (SSSR count). The first-order valence-corrected chi connectivity index (χ1v) is 6.79. The number of benzene rings is 1. The van der Waals surface area contributed by atoms with Crippen LogP contribution in [0.5, 0.6) is 0 Å². The maximum atomic E-state index is 5.63. The highest BCUT2D eigenvalue weighted by atomic mass is 32.2. The van der Waals surface area contributed by atoms with Gasteiger partial charge in [0.2, 0.25) is 0 Å². The topological polar surface area (TPSA) is 51.8 Å². The van der Waals surface area contributed by atoms with Gasteiger partial charge >= 0.3 is 0 Å². The first kappa shape index (κ1) is 12.3. The van der Waals surface area contributed by atoms with Crippen molar-refractivity contribution >= 4 is 22.7 Å². The van der Waals surface area contributed by atoms with E-state index in [1.165, 1.54) is 0 Å². The summed E-state index contributed by atoms with van der Waals surface area (Å²) in [5, 5.41) is 2.74. The number of fused-ring (bicyclic) bond motifs is 1. The predicted octanol–water partition coefficient (Wildman–Crippen LogP) is 2.85. The summed E-state index contributed by atoms with van der Waals surface area (Å²) in [6.07, 6.45) is 3.78. The Kier molecular flexibility index (Phi) is 4.34. The Balaban J connectivity index is 2.28. The quantitative estimate of drug-likeness (QED) is 0.652. The van der Waals surface area contributed by atoms with Gasteiger partial charge in [-0.1, -0.05) is 25.1 Å². The molecule has 0 saturated carbocycles. The van der Waals surface area contributed by atoms with E-state index < -0.39 is 0 Å². The molecule has 0 aliphatic rings. The Morgan fingerprint density at radius 2 is 2.12 bits per heavy atom. The smallest absolute Gasteiger partial charge is 0.117 e. The van der Waals surface area contributed by atoms with Gasteiger partial charge in [-0.15, -0.1) is 11.8 Å². The van der Waals surface area contributed by atoms with Crippen molar-refractivity contribution in [3.05, 3.63) is 30.6 Å². The number of nitrogens with zero attached hydrogens (tertiary/aromatic N) is 2. The van der Waals surface area contributed by atoms with Crippen molar-refractivity contribution in [2.45, 2.75) is 30.0 Å². The van der Waals surface area contributed by atoms with Gasteiger partial charge in [0.05, 0.1) is 5.52 Å². The van der Waals surface area contributed by atoms with Crippen molar-refractivity contribution in [1.29, 1.82) is 0 Å². The zero-order valence-corrected chi connectivity index (χ0v) is 10.8. The fourth-order valence-electron chi connectivity index (χ4n) is 1.76. The molecular weight excluding hydrogens is 230 g/mol. The lowest BCUT2D eigenvalue weighted by Gasteiger charge is -2.13. The fourth-order valence-corrected chi connectivity index (χ4v) is 2.91. The summed E-state index contributed by atoms with van der Waals surface area (Å²) < 4.78 is 0. The van der Waals surface area contributed by atoms with Crippen LogP contribution in [0.25, 0.3) is 10.9 Å². The average molecular weight is 247 g/mol. The maximum absolute atomic E-state index is 5.63. The van der Waals surface area contributed by atoms with Gasteiger partial charge < -0.3 is 5.73 Å². The Hall–Kier alpha value is -1.13. The van der Waals surface area contributed by atoms with Crippen molar-refractivity contribution in [3.63, 3.8) is 0 Å². The Morgan fingerprint density at radius 1 is 1.29 bits per heavy atom. The van der Waals surface area contributed by atoms with Crippen molar-refractivity contribution < 1.29 is 0 Å². The first-order chi connectivity index (χ1) is 8.35. The van der Waals surface area contributed by atoms with E-state index in [9.17, 15) is 0 Å². The molecule has 1 unspecified atom stereocenters. The minimum atomic E-state index is 0.540. The van der Waals surface area contributed by atoms with Crippen LogP contribution in [0.2, 0.25) is 0 Å². The van der Waals surface area contributed by atoms with Gasteiger partial charge in [-0.25, -0.2) is 9.97 Å². The molecular formula is C13H17N3S. The minimum absolute atomic E-state index is 0.540. The monoisotopic (exact) mass is 247 g/mol. The molecule has 1 aromatic heterocycles. The predicted molar refractivity (Wildman–Crippen MR) is 73.1 cm³/mol. The Morgan fingerprint density at radius 3 is 2.88 bits per heavy atom. The molecule has 0 aliphatic carbocycles. The van der Waals surface area contributed by atoms with Gasteiger partial charge in [0.1, 0.15) is 11.4 Å². The van der Waals surface area contributed by atoms with Gasteiger partial charge in [0.25, 0.3) is 0 Å². The maximum Gasteiger partial charge on any atom is 0.117 e. The molecule has 0 saturated heterocycles. The molecule has 0 spiro atoms. The Labute approximate surface area is 106 Å². The largest absolute Gasteiger partial charge is 0.330 e. The molecule has 3 nitrogen and oxygen atoms in total. The fraction of sp³-hybridized carbons (Fsp3) is 0.385. The molecule has 1 heterocycles. The number of rotatable bonds is 5. The lowest BCUT2D eigenvalue weighted by molar-refractivity contribution is 0.744. The van der Waals surface area contributed by atoms with Crippen molar-refractivity contribution in [2.24, 2.45) is 5.73 Å². The SMILES string of the molecule is CCC(CCN)Sc1ncnc2ccccc12. The lowest BCUT2D eigenvalue weighted by atomic mass is 10.2. The molecule has 17 heavy (non-hydrogen) atoms. The standard InChI is InChI=1S/C13H17N3S/c1-2-10(7-8-14)17-13-11-5-3-4-6-12(11)15-9-16-13/h3-6,9-10H,2,7-8,14H2,1H3. The molecule has 0 bridgehead atoms. The second-order valence-electron chi connectivity index (χ2n) is 3.92. The summed E-state index contributed by atoms with van der Waals surface area (Å²) in [7, 11) is 0. The summed E-state index contributed by atoms with van der Waals surface area (Å²) in [6, 6.07) is 8.12. The van der Waals surface area contributed by atoms with E-state index in [2.05, 4.69) is 23.0 Å². The minimum Gasteiger partial charge on any atom is -0.330 e. The molecule has 0 aliphatic heterocycles. The highest BCUT2D eigenvalue weighted by Crippen LogP contribution is 2.30. The molecule has 0 fully saturated rings. The number of nitrogens with two attached hydrogens (primary N) is 1. The van der Waals surface area contributed by atoms with Crippen molar-refractivity contribution in [1.82, 2.24) is 9.97 Å². The lowest BCUT2D eigenvalue weighted by Crippen LogP contribution is -2.09. The highest BCUT2D eigenvalue weighted by Gasteiger charge is 2.11. The van der Waals surface area contributed by atoms with Crippen LogP contribution < -0.4 is 5.73 Å². The van der Waals surface area contributed by atoms with Gasteiger partial charge in [0.15, 0.2) is 0 Å². The third kappa shape index (κ3) is 2.96. The molecule has 0 amide bonds. The molecule has 1 atom stereocenters. The zero-order chi connectivity index (χ0) is 12.1. The molecule has 1 aromatic carbocycles. The van der Waals surface area contributed by atoms with Crippen LogP contribution in [-0.4, -0.2) is 21.8 Å². The van der Waals surface area contributed by atoms with Crippen LogP contribution in [0, 0.1) is 0 Å². The van der Waals surface area contributed by atoms with E-state index in [0.717, 1.165) is 35.3 Å². The molecule has 4 heteroatoms. The van der Waals surface area contributed by atoms with Crippen LogP contribution in [0.1, 0.15) is 19.8 Å². The summed E-state index contributed by atoms with van der Waals surface area (Å²) in [4.78, 5) is 8.66. The molecule has 2 N–H and O–H groups in total. The van der Waals surface area contributed by atoms with Gasteiger partial charge in [-0.2, -0.15) is 0 Å². The second kappa shape index (κ2) is 5.98. The first-order valence-electron chi connectivity index (χ1n) is 5.91. The van der Waals surface area contributed by atoms with Crippen LogP contribution in [0.3, 0.4) is 0 Å². The third-order valence-electron chi connectivity index (χ3n) is 2.73. The second-order valence-corrected chi connectivity index (χ2v) is 5.21. The van der Waals surface area contributed by atoms with Crippen LogP contribution in [0.4, 0.5) is 0 Å². The molecule has 90 valence electrons. The summed E-state index contributed by atoms with van der Waals surface area (Å²) in [6.45, 7) is 2.92. The van der Waals surface area contributed by atoms with Crippen LogP contribution >= 0.6 is 11.8 Å². The van der Waals surface area contributed by atoms with E-state index in [1.54, 1.807) is 6.33 Å². The van der Waals surface area contributed by atoms with Gasteiger partial charge in [0, 0.05) is 10.6 Å². The van der Waals surface area contributed by atoms with Crippen molar-refractivity contribution in [2.75, 3.05) is 6.54 Å².